The summed E-state index contributed by atoms with van der Waals surface area (Å²) in [4.78, 5) is 2.52. The zero-order chi connectivity index (χ0) is 11.4. The van der Waals surface area contributed by atoms with Gasteiger partial charge in [0, 0.05) is 32.3 Å². The number of rotatable bonds is 4. The molecule has 16 heavy (non-hydrogen) atoms. The summed E-state index contributed by atoms with van der Waals surface area (Å²) in [6.45, 7) is 9.38. The van der Waals surface area contributed by atoms with Crippen molar-refractivity contribution in [1.82, 2.24) is 10.2 Å². The van der Waals surface area contributed by atoms with E-state index in [9.17, 15) is 0 Å². The molecule has 1 N–H and O–H groups in total. The normalized spacial score (nSPS) is 36.8. The topological polar surface area (TPSA) is 33.7 Å². The molecule has 0 aromatic carbocycles. The van der Waals surface area contributed by atoms with Crippen molar-refractivity contribution in [3.05, 3.63) is 0 Å². The standard InChI is InChI=1S/C12H24N2O2/c1-12(10-15-2)7-11(8-13-12)9-14-3-5-16-6-4-14/h11,13H,3-10H2,1-2H3. The van der Waals surface area contributed by atoms with E-state index in [0.29, 0.717) is 0 Å². The molecule has 2 atom stereocenters. The van der Waals surface area contributed by atoms with Crippen LogP contribution in [-0.2, 0) is 9.47 Å². The molecule has 94 valence electrons. The summed E-state index contributed by atoms with van der Waals surface area (Å²) in [6, 6.07) is 0. The van der Waals surface area contributed by atoms with E-state index in [1.165, 1.54) is 13.0 Å². The number of hydrogen-bond donors (Lipinski definition) is 1. The average molecular weight is 228 g/mol. The highest BCUT2D eigenvalue weighted by atomic mass is 16.5. The van der Waals surface area contributed by atoms with Gasteiger partial charge in [-0.25, -0.2) is 0 Å². The maximum absolute atomic E-state index is 5.37. The van der Waals surface area contributed by atoms with Crippen LogP contribution in [-0.4, -0.2) is 63.5 Å². The van der Waals surface area contributed by atoms with Crippen LogP contribution < -0.4 is 5.32 Å². The molecule has 2 fully saturated rings. The fourth-order valence-corrected chi connectivity index (χ4v) is 2.88. The van der Waals surface area contributed by atoms with E-state index < -0.39 is 0 Å². The van der Waals surface area contributed by atoms with Crippen molar-refractivity contribution in [2.24, 2.45) is 5.92 Å². The Morgan fingerprint density at radius 1 is 1.44 bits per heavy atom. The van der Waals surface area contributed by atoms with Gasteiger partial charge < -0.3 is 14.8 Å². The summed E-state index contributed by atoms with van der Waals surface area (Å²) < 4.78 is 10.6. The summed E-state index contributed by atoms with van der Waals surface area (Å²) in [7, 11) is 1.78. The SMILES string of the molecule is COCC1(C)CC(CN2CCOCC2)CN1. The van der Waals surface area contributed by atoms with Crippen LogP contribution in [0.4, 0.5) is 0 Å². The van der Waals surface area contributed by atoms with Crippen molar-refractivity contribution in [2.75, 3.05) is 53.1 Å². The van der Waals surface area contributed by atoms with Gasteiger partial charge in [-0.2, -0.15) is 0 Å². The lowest BCUT2D eigenvalue weighted by Crippen LogP contribution is -2.40. The molecule has 0 aromatic heterocycles. The van der Waals surface area contributed by atoms with Crippen LogP contribution in [0, 0.1) is 5.92 Å². The molecule has 0 spiro atoms. The maximum atomic E-state index is 5.37. The summed E-state index contributed by atoms with van der Waals surface area (Å²) in [6.07, 6.45) is 1.22. The molecule has 4 heteroatoms. The molecule has 2 heterocycles. The third kappa shape index (κ3) is 3.17. The van der Waals surface area contributed by atoms with E-state index in [2.05, 4.69) is 17.1 Å². The molecular weight excluding hydrogens is 204 g/mol. The van der Waals surface area contributed by atoms with Gasteiger partial charge in [-0.15, -0.1) is 0 Å². The van der Waals surface area contributed by atoms with E-state index in [1.54, 1.807) is 7.11 Å². The molecular formula is C12H24N2O2. The molecule has 2 aliphatic heterocycles. The Morgan fingerprint density at radius 3 is 2.88 bits per heavy atom. The summed E-state index contributed by atoms with van der Waals surface area (Å²) in [5.74, 6) is 0.762. The van der Waals surface area contributed by atoms with Crippen molar-refractivity contribution in [3.63, 3.8) is 0 Å². The number of nitrogens with one attached hydrogen (secondary N) is 1. The molecule has 0 radical (unpaired) electrons. The van der Waals surface area contributed by atoms with E-state index in [4.69, 9.17) is 9.47 Å². The molecule has 4 nitrogen and oxygen atoms in total. The van der Waals surface area contributed by atoms with Gasteiger partial charge >= 0.3 is 0 Å². The summed E-state index contributed by atoms with van der Waals surface area (Å²) in [5.41, 5.74) is 0.186. The van der Waals surface area contributed by atoms with Crippen molar-refractivity contribution >= 4 is 0 Å². The number of morpholine rings is 1. The van der Waals surface area contributed by atoms with E-state index in [1.807, 2.05) is 0 Å². The minimum Gasteiger partial charge on any atom is -0.383 e. The Morgan fingerprint density at radius 2 is 2.19 bits per heavy atom. The van der Waals surface area contributed by atoms with Crippen LogP contribution in [0.25, 0.3) is 0 Å². The van der Waals surface area contributed by atoms with Gasteiger partial charge in [-0.05, 0) is 25.8 Å². The largest absolute Gasteiger partial charge is 0.383 e. The zero-order valence-electron chi connectivity index (χ0n) is 10.5. The highest BCUT2D eigenvalue weighted by molar-refractivity contribution is 4.94. The van der Waals surface area contributed by atoms with Gasteiger partial charge in [0.05, 0.1) is 19.8 Å². The lowest BCUT2D eigenvalue weighted by atomic mass is 9.95. The third-order valence-corrected chi connectivity index (χ3v) is 3.64. The number of nitrogens with zero attached hydrogens (tertiary/aromatic N) is 1. The molecule has 0 saturated carbocycles. The highest BCUT2D eigenvalue weighted by Gasteiger charge is 2.35. The molecule has 0 aromatic rings. The van der Waals surface area contributed by atoms with Crippen molar-refractivity contribution < 1.29 is 9.47 Å². The first-order valence-electron chi connectivity index (χ1n) is 6.26. The van der Waals surface area contributed by atoms with Gasteiger partial charge in [0.15, 0.2) is 0 Å². The van der Waals surface area contributed by atoms with Crippen molar-refractivity contribution in [3.8, 4) is 0 Å². The number of hydrogen-bond acceptors (Lipinski definition) is 4. The average Bonchev–Trinajstić information content (AvgIpc) is 2.62. The minimum absolute atomic E-state index is 0.186. The molecule has 2 unspecified atom stereocenters. The number of ether oxygens (including phenoxy) is 2. The van der Waals surface area contributed by atoms with Crippen LogP contribution in [0.5, 0.6) is 0 Å². The highest BCUT2D eigenvalue weighted by Crippen LogP contribution is 2.25. The van der Waals surface area contributed by atoms with Crippen LogP contribution in [0.2, 0.25) is 0 Å². The zero-order valence-corrected chi connectivity index (χ0v) is 10.5. The molecule has 0 bridgehead atoms. The van der Waals surface area contributed by atoms with Gasteiger partial charge in [-0.1, -0.05) is 0 Å². The summed E-state index contributed by atoms with van der Waals surface area (Å²) in [5, 5.41) is 3.59. The van der Waals surface area contributed by atoms with Crippen LogP contribution >= 0.6 is 0 Å². The molecule has 0 amide bonds. The van der Waals surface area contributed by atoms with E-state index in [-0.39, 0.29) is 5.54 Å². The van der Waals surface area contributed by atoms with Gasteiger partial charge in [0.1, 0.15) is 0 Å². The minimum atomic E-state index is 0.186. The Balaban J connectivity index is 1.75. The lowest BCUT2D eigenvalue weighted by Gasteiger charge is -2.29. The Labute approximate surface area is 98.3 Å². The Hall–Kier alpha value is -0.160. The van der Waals surface area contributed by atoms with Gasteiger partial charge in [0.25, 0.3) is 0 Å². The van der Waals surface area contributed by atoms with Gasteiger partial charge in [0.2, 0.25) is 0 Å². The Kier molecular flexibility index (Phi) is 4.19. The first-order valence-corrected chi connectivity index (χ1v) is 6.26. The second-order valence-electron chi connectivity index (χ2n) is 5.36. The van der Waals surface area contributed by atoms with Gasteiger partial charge in [-0.3, -0.25) is 4.90 Å². The van der Waals surface area contributed by atoms with Crippen molar-refractivity contribution in [1.29, 1.82) is 0 Å². The third-order valence-electron chi connectivity index (χ3n) is 3.64. The Bertz CT molecular complexity index is 219. The predicted molar refractivity (Wildman–Crippen MR) is 63.6 cm³/mol. The fraction of sp³-hybridized carbons (Fsp3) is 1.00. The van der Waals surface area contributed by atoms with Crippen LogP contribution in [0.1, 0.15) is 13.3 Å². The first kappa shape index (κ1) is 12.3. The fourth-order valence-electron chi connectivity index (χ4n) is 2.88. The number of methoxy groups -OCH3 is 1. The molecule has 2 rings (SSSR count). The predicted octanol–water partition coefficient (Wildman–Crippen LogP) is 0.333. The summed E-state index contributed by atoms with van der Waals surface area (Å²) >= 11 is 0. The van der Waals surface area contributed by atoms with Crippen LogP contribution in [0.3, 0.4) is 0 Å². The maximum Gasteiger partial charge on any atom is 0.0641 e. The van der Waals surface area contributed by atoms with Crippen LogP contribution in [0.15, 0.2) is 0 Å². The van der Waals surface area contributed by atoms with E-state index in [0.717, 1.165) is 45.4 Å². The first-order chi connectivity index (χ1) is 7.72. The molecule has 2 aliphatic rings. The molecule has 0 aliphatic carbocycles. The second kappa shape index (κ2) is 5.45. The van der Waals surface area contributed by atoms with E-state index >= 15 is 0 Å². The van der Waals surface area contributed by atoms with Crippen molar-refractivity contribution in [2.45, 2.75) is 18.9 Å². The lowest BCUT2D eigenvalue weighted by molar-refractivity contribution is 0.0310. The smallest absolute Gasteiger partial charge is 0.0641 e. The second-order valence-corrected chi connectivity index (χ2v) is 5.36. The monoisotopic (exact) mass is 228 g/mol. The molecule has 2 saturated heterocycles. The quantitative estimate of drug-likeness (QED) is 0.752.